The first kappa shape index (κ1) is 33.5. The number of hydrogen-bond donors (Lipinski definition) is 2. The molecule has 9 nitrogen and oxygen atoms in total. The second-order valence-electron chi connectivity index (χ2n) is 10.4. The summed E-state index contributed by atoms with van der Waals surface area (Å²) in [4.78, 5) is 32.3. The molecule has 4 N–H and O–H groups in total. The van der Waals surface area contributed by atoms with Crippen molar-refractivity contribution in [3.05, 3.63) is 71.3 Å². The summed E-state index contributed by atoms with van der Waals surface area (Å²) >= 11 is 0. The van der Waals surface area contributed by atoms with Crippen molar-refractivity contribution in [2.45, 2.75) is 57.8 Å². The molecule has 4 rings (SSSR count). The number of Topliss-reactive ketones (excluding diaryl/α,β-unsaturated/α-hetero) is 1. The number of aliphatic carboxylic acids is 2. The Morgan fingerprint density at radius 3 is 2.22 bits per heavy atom. The van der Waals surface area contributed by atoms with Gasteiger partial charge in [-0.15, -0.1) is 0 Å². The Bertz CT molecular complexity index is 1150. The summed E-state index contributed by atoms with van der Waals surface area (Å²) < 4.78 is 11.4. The predicted octanol–water partition coefficient (Wildman–Crippen LogP) is 4.99. The minimum atomic E-state index is -1.82. The number of carboxylic acid groups (broad SMARTS) is 2. The van der Waals surface area contributed by atoms with Crippen molar-refractivity contribution in [3.8, 4) is 11.5 Å². The van der Waals surface area contributed by atoms with Crippen LogP contribution in [0.5, 0.6) is 11.5 Å². The maximum Gasteiger partial charge on any atom is 0.414 e. The van der Waals surface area contributed by atoms with Crippen LogP contribution in [0.25, 0.3) is 0 Å². The van der Waals surface area contributed by atoms with Gasteiger partial charge in [0.1, 0.15) is 0 Å². The molecule has 2 aromatic carbocycles. The maximum absolute atomic E-state index is 11.6. The molecule has 2 aromatic rings. The first-order chi connectivity index (χ1) is 19.3. The highest BCUT2D eigenvalue weighted by molar-refractivity contribution is 6.27. The topological polar surface area (TPSA) is 145 Å². The lowest BCUT2D eigenvalue weighted by atomic mass is 9.72. The van der Waals surface area contributed by atoms with E-state index in [9.17, 15) is 4.79 Å². The van der Waals surface area contributed by atoms with Crippen LogP contribution in [0.15, 0.2) is 60.2 Å². The quantitative estimate of drug-likeness (QED) is 0.176. The van der Waals surface area contributed by atoms with Crippen molar-refractivity contribution in [2.24, 2.45) is 5.92 Å². The van der Waals surface area contributed by atoms with E-state index in [1.807, 2.05) is 6.07 Å². The van der Waals surface area contributed by atoms with E-state index in [0.717, 1.165) is 38.4 Å². The average Bonchev–Trinajstić information content (AvgIpc) is 2.97. The lowest BCUT2D eigenvalue weighted by Gasteiger charge is -2.36. The highest BCUT2D eigenvalue weighted by atomic mass is 16.5. The van der Waals surface area contributed by atoms with Gasteiger partial charge in [-0.3, -0.25) is 9.69 Å². The Hall–Kier alpha value is -3.69. The van der Waals surface area contributed by atoms with E-state index in [1.54, 1.807) is 31.7 Å². The molecule has 0 spiro atoms. The van der Waals surface area contributed by atoms with Gasteiger partial charge in [-0.25, -0.2) is 9.59 Å². The van der Waals surface area contributed by atoms with E-state index in [2.05, 4.69) is 41.3 Å². The molecule has 9 heteroatoms. The number of benzene rings is 2. The fourth-order valence-corrected chi connectivity index (χ4v) is 5.61. The molecule has 0 bridgehead atoms. The Morgan fingerprint density at radius 2 is 1.66 bits per heavy atom. The number of nitrogens with zero attached hydrogens (tertiary/aromatic N) is 1. The minimum absolute atomic E-state index is 0. The second-order valence-corrected chi connectivity index (χ2v) is 10.4. The van der Waals surface area contributed by atoms with Crippen molar-refractivity contribution in [1.29, 1.82) is 0 Å². The summed E-state index contributed by atoms with van der Waals surface area (Å²) in [5.74, 6) is -0.908. The van der Waals surface area contributed by atoms with Gasteiger partial charge in [0.15, 0.2) is 17.3 Å². The van der Waals surface area contributed by atoms with Gasteiger partial charge >= 0.3 is 11.9 Å². The van der Waals surface area contributed by atoms with Gasteiger partial charge in [0.05, 0.1) is 13.7 Å². The van der Waals surface area contributed by atoms with Crippen LogP contribution in [0.4, 0.5) is 0 Å². The smallest absolute Gasteiger partial charge is 0.414 e. The molecule has 1 saturated carbocycles. The zero-order valence-electron chi connectivity index (χ0n) is 24.0. The van der Waals surface area contributed by atoms with Crippen LogP contribution in [-0.2, 0) is 9.59 Å². The molecule has 0 radical (unpaired) electrons. The zero-order valence-corrected chi connectivity index (χ0v) is 24.0. The zero-order chi connectivity index (χ0) is 28.9. The van der Waals surface area contributed by atoms with Crippen molar-refractivity contribution in [2.75, 3.05) is 33.4 Å². The number of carbonyl (C=O) groups is 3. The van der Waals surface area contributed by atoms with Crippen molar-refractivity contribution in [3.63, 3.8) is 0 Å². The highest BCUT2D eigenvalue weighted by Crippen LogP contribution is 2.42. The SMILES string of the molecule is COc1cc(C(C)=O)ccc1OCCCN1CC=C(C(c2ccccc2)C2CCCCC2)CC1.O.O=C(O)C(=O)O. The van der Waals surface area contributed by atoms with E-state index >= 15 is 0 Å². The number of ketones is 1. The minimum Gasteiger partial charge on any atom is -0.493 e. The molecule has 224 valence electrons. The maximum atomic E-state index is 11.6. The molecule has 0 aromatic heterocycles. The first-order valence-electron chi connectivity index (χ1n) is 14.0. The van der Waals surface area contributed by atoms with Gasteiger partial charge in [0.2, 0.25) is 0 Å². The Kier molecular flexibility index (Phi) is 14.1. The van der Waals surface area contributed by atoms with Crippen molar-refractivity contribution in [1.82, 2.24) is 4.90 Å². The van der Waals surface area contributed by atoms with E-state index in [-0.39, 0.29) is 11.3 Å². The van der Waals surface area contributed by atoms with Crippen LogP contribution in [0.3, 0.4) is 0 Å². The largest absolute Gasteiger partial charge is 0.493 e. The molecule has 0 amide bonds. The third kappa shape index (κ3) is 10.3. The summed E-state index contributed by atoms with van der Waals surface area (Å²) in [6.45, 7) is 5.38. The van der Waals surface area contributed by atoms with Crippen LogP contribution in [-0.4, -0.2) is 71.7 Å². The lowest BCUT2D eigenvalue weighted by Crippen LogP contribution is -2.32. The average molecular weight is 570 g/mol. The summed E-state index contributed by atoms with van der Waals surface area (Å²) in [6, 6.07) is 16.6. The van der Waals surface area contributed by atoms with Gasteiger partial charge in [-0.2, -0.15) is 0 Å². The monoisotopic (exact) mass is 569 g/mol. The third-order valence-electron chi connectivity index (χ3n) is 7.64. The molecule has 1 aliphatic heterocycles. The fraction of sp³-hybridized carbons (Fsp3) is 0.469. The van der Waals surface area contributed by atoms with Crippen LogP contribution in [0.2, 0.25) is 0 Å². The molecule has 41 heavy (non-hydrogen) atoms. The number of hydrogen-bond acceptors (Lipinski definition) is 6. The molecule has 1 unspecified atom stereocenters. The van der Waals surface area contributed by atoms with Crippen LogP contribution in [0, 0.1) is 5.92 Å². The molecular formula is C32H43NO8. The molecule has 1 heterocycles. The highest BCUT2D eigenvalue weighted by Gasteiger charge is 2.29. The van der Waals surface area contributed by atoms with E-state index in [0.29, 0.717) is 29.6 Å². The van der Waals surface area contributed by atoms with Crippen molar-refractivity contribution >= 4 is 17.7 Å². The van der Waals surface area contributed by atoms with Crippen LogP contribution < -0.4 is 9.47 Å². The van der Waals surface area contributed by atoms with Gasteiger partial charge in [-0.1, -0.05) is 61.2 Å². The summed E-state index contributed by atoms with van der Waals surface area (Å²) in [6.07, 6.45) is 11.6. The predicted molar refractivity (Wildman–Crippen MR) is 157 cm³/mol. The summed E-state index contributed by atoms with van der Waals surface area (Å²) in [5, 5.41) is 14.8. The molecule has 1 atom stereocenters. The number of carbonyl (C=O) groups excluding carboxylic acids is 1. The Morgan fingerprint density at radius 1 is 0.976 bits per heavy atom. The molecule has 2 aliphatic rings. The Balaban J connectivity index is 0.000000760. The second kappa shape index (κ2) is 17.2. The summed E-state index contributed by atoms with van der Waals surface area (Å²) in [7, 11) is 1.61. The first-order valence-corrected chi connectivity index (χ1v) is 14.0. The molecular weight excluding hydrogens is 526 g/mol. The third-order valence-corrected chi connectivity index (χ3v) is 7.64. The van der Waals surface area contributed by atoms with Gasteiger partial charge < -0.3 is 25.2 Å². The Labute approximate surface area is 242 Å². The standard InChI is InChI=1S/C30H39NO3.C2H2O4.H2O/c1-23(32)27-14-15-28(29(22-27)33-2)34-21-9-18-31-19-16-26(17-20-31)30(24-10-5-3-6-11-24)25-12-7-4-8-13-25;3-1(4)2(5)6;/h3,5-6,10-11,14-16,22,25,30H,4,7-9,12-13,17-21H2,1-2H3;(H,3,4)(H,5,6);1H2. The fourth-order valence-electron chi connectivity index (χ4n) is 5.61. The summed E-state index contributed by atoms with van der Waals surface area (Å²) in [5.41, 5.74) is 3.80. The number of rotatable bonds is 10. The normalized spacial score (nSPS) is 16.2. The molecule has 0 saturated heterocycles. The number of methoxy groups -OCH3 is 1. The lowest BCUT2D eigenvalue weighted by molar-refractivity contribution is -0.159. The van der Waals surface area contributed by atoms with E-state index in [4.69, 9.17) is 29.3 Å². The number of ether oxygens (including phenoxy) is 2. The van der Waals surface area contributed by atoms with Gasteiger partial charge in [-0.05, 0) is 62.3 Å². The van der Waals surface area contributed by atoms with Crippen molar-refractivity contribution < 1.29 is 39.5 Å². The van der Waals surface area contributed by atoms with E-state index < -0.39 is 11.9 Å². The van der Waals surface area contributed by atoms with Gasteiger partial charge in [0, 0.05) is 31.1 Å². The number of carboxylic acids is 2. The van der Waals surface area contributed by atoms with Gasteiger partial charge in [0.25, 0.3) is 0 Å². The van der Waals surface area contributed by atoms with Crippen LogP contribution in [0.1, 0.15) is 73.7 Å². The van der Waals surface area contributed by atoms with Crippen LogP contribution >= 0.6 is 0 Å². The molecule has 1 aliphatic carbocycles. The van der Waals surface area contributed by atoms with E-state index in [1.165, 1.54) is 37.7 Å². The molecule has 1 fully saturated rings.